The molecule has 1 fully saturated rings. The van der Waals surface area contributed by atoms with Crippen LogP contribution in [0.3, 0.4) is 0 Å². The predicted octanol–water partition coefficient (Wildman–Crippen LogP) is 3.07. The van der Waals surface area contributed by atoms with Crippen LogP contribution in [0.15, 0.2) is 30.6 Å². The fourth-order valence-corrected chi connectivity index (χ4v) is 3.53. The van der Waals surface area contributed by atoms with E-state index in [1.807, 2.05) is 19.2 Å². The summed E-state index contributed by atoms with van der Waals surface area (Å²) in [6.45, 7) is 5.53. The van der Waals surface area contributed by atoms with Crippen LogP contribution in [0.5, 0.6) is 11.5 Å². The molecule has 1 aromatic carbocycles. The van der Waals surface area contributed by atoms with Crippen molar-refractivity contribution in [3.63, 3.8) is 0 Å². The van der Waals surface area contributed by atoms with Gasteiger partial charge in [-0.05, 0) is 37.0 Å². The van der Waals surface area contributed by atoms with Crippen molar-refractivity contribution in [2.75, 3.05) is 44.1 Å². The summed E-state index contributed by atoms with van der Waals surface area (Å²) in [5.41, 5.74) is 1.19. The Morgan fingerprint density at radius 1 is 1.21 bits per heavy atom. The minimum atomic E-state index is 0.439. The quantitative estimate of drug-likeness (QED) is 0.651. The van der Waals surface area contributed by atoms with Gasteiger partial charge in [-0.1, -0.05) is 13.0 Å². The van der Waals surface area contributed by atoms with E-state index in [4.69, 9.17) is 9.47 Å². The van der Waals surface area contributed by atoms with Crippen LogP contribution < -0.4 is 25.0 Å². The molecule has 2 aromatic rings. The second-order valence-electron chi connectivity index (χ2n) is 6.97. The normalized spacial score (nSPS) is 16.2. The van der Waals surface area contributed by atoms with Gasteiger partial charge in [-0.3, -0.25) is 0 Å². The van der Waals surface area contributed by atoms with E-state index in [9.17, 15) is 0 Å². The van der Waals surface area contributed by atoms with Crippen LogP contribution in [-0.4, -0.2) is 49.9 Å². The lowest BCUT2D eigenvalue weighted by atomic mass is 10.1. The van der Waals surface area contributed by atoms with Crippen LogP contribution >= 0.6 is 0 Å². The summed E-state index contributed by atoms with van der Waals surface area (Å²) in [7, 11) is 3.55. The second kappa shape index (κ2) is 10.1. The Kier molecular flexibility index (Phi) is 7.31. The lowest BCUT2D eigenvalue weighted by molar-refractivity contribution is 0.294. The van der Waals surface area contributed by atoms with Crippen LogP contribution in [0.1, 0.15) is 31.7 Å². The van der Waals surface area contributed by atoms with Gasteiger partial charge in [0.2, 0.25) is 0 Å². The summed E-state index contributed by atoms with van der Waals surface area (Å²) >= 11 is 0. The van der Waals surface area contributed by atoms with Crippen molar-refractivity contribution >= 4 is 11.6 Å². The number of hydrogen-bond donors (Lipinski definition) is 2. The highest BCUT2D eigenvalue weighted by atomic mass is 16.5. The first-order valence-corrected chi connectivity index (χ1v) is 10.0. The smallest absolute Gasteiger partial charge is 0.161 e. The molecule has 1 saturated heterocycles. The first-order valence-electron chi connectivity index (χ1n) is 10.0. The van der Waals surface area contributed by atoms with Gasteiger partial charge in [0.15, 0.2) is 11.5 Å². The largest absolute Gasteiger partial charge is 0.493 e. The van der Waals surface area contributed by atoms with Crippen LogP contribution in [0.2, 0.25) is 0 Å². The third-order valence-electron chi connectivity index (χ3n) is 4.98. The molecular weight excluding hydrogens is 354 g/mol. The van der Waals surface area contributed by atoms with Gasteiger partial charge < -0.3 is 25.0 Å². The molecule has 0 saturated carbocycles. The summed E-state index contributed by atoms with van der Waals surface area (Å²) in [6.07, 6.45) is 4.95. The maximum absolute atomic E-state index is 5.81. The fraction of sp³-hybridized carbons (Fsp3) is 0.524. The molecule has 0 amide bonds. The Morgan fingerprint density at radius 2 is 2.11 bits per heavy atom. The molecule has 152 valence electrons. The molecule has 0 bridgehead atoms. The Balaban J connectivity index is 1.58. The molecule has 1 atom stereocenters. The van der Waals surface area contributed by atoms with Gasteiger partial charge in [0.1, 0.15) is 18.0 Å². The summed E-state index contributed by atoms with van der Waals surface area (Å²) in [4.78, 5) is 11.0. The van der Waals surface area contributed by atoms with Crippen molar-refractivity contribution < 1.29 is 9.47 Å². The van der Waals surface area contributed by atoms with E-state index in [2.05, 4.69) is 44.6 Å². The number of nitrogens with one attached hydrogen (secondary N) is 2. The minimum Gasteiger partial charge on any atom is -0.493 e. The highest BCUT2D eigenvalue weighted by Gasteiger charge is 2.25. The highest BCUT2D eigenvalue weighted by molar-refractivity contribution is 5.49. The van der Waals surface area contributed by atoms with Crippen molar-refractivity contribution in [3.05, 3.63) is 36.2 Å². The third kappa shape index (κ3) is 5.04. The van der Waals surface area contributed by atoms with Crippen LogP contribution in [0.4, 0.5) is 11.6 Å². The van der Waals surface area contributed by atoms with E-state index < -0.39 is 0 Å². The molecule has 1 aliphatic rings. The molecule has 2 heterocycles. The van der Waals surface area contributed by atoms with Crippen molar-refractivity contribution in [2.24, 2.45) is 0 Å². The number of benzene rings is 1. The minimum absolute atomic E-state index is 0.439. The van der Waals surface area contributed by atoms with Gasteiger partial charge in [0, 0.05) is 38.8 Å². The standard InChI is InChI=1S/C21H31N5O2/c1-4-10-28-19-11-16(7-8-18(19)27-3)13-23-14-17-6-5-9-26(17)21-12-20(22-2)24-15-25-21/h7-8,11-12,15,17,23H,4-6,9-10,13-14H2,1-3H3,(H,22,24,25). The predicted molar refractivity (Wildman–Crippen MR) is 112 cm³/mol. The lowest BCUT2D eigenvalue weighted by Crippen LogP contribution is -2.38. The van der Waals surface area contributed by atoms with Crippen molar-refractivity contribution in [1.29, 1.82) is 0 Å². The third-order valence-corrected chi connectivity index (χ3v) is 4.98. The number of hydrogen-bond acceptors (Lipinski definition) is 7. The SMILES string of the molecule is CCCOc1cc(CNCC2CCCN2c2cc(NC)ncn2)ccc1OC. The molecule has 2 N–H and O–H groups in total. The number of rotatable bonds is 10. The van der Waals surface area contributed by atoms with E-state index >= 15 is 0 Å². The molecule has 3 rings (SSSR count). The first-order chi connectivity index (χ1) is 13.7. The molecule has 0 radical (unpaired) electrons. The molecule has 1 aliphatic heterocycles. The number of ether oxygens (including phenoxy) is 2. The number of anilines is 2. The van der Waals surface area contributed by atoms with Crippen molar-refractivity contribution in [1.82, 2.24) is 15.3 Å². The van der Waals surface area contributed by atoms with Crippen LogP contribution in [0.25, 0.3) is 0 Å². The van der Waals surface area contributed by atoms with Crippen molar-refractivity contribution in [3.8, 4) is 11.5 Å². The molecule has 0 spiro atoms. The Morgan fingerprint density at radius 3 is 2.89 bits per heavy atom. The molecule has 1 unspecified atom stereocenters. The molecule has 28 heavy (non-hydrogen) atoms. The monoisotopic (exact) mass is 385 g/mol. The summed E-state index contributed by atoms with van der Waals surface area (Å²) in [5.74, 6) is 3.43. The highest BCUT2D eigenvalue weighted by Crippen LogP contribution is 2.28. The van der Waals surface area contributed by atoms with Gasteiger partial charge in [-0.15, -0.1) is 0 Å². The molecule has 0 aliphatic carbocycles. The number of methoxy groups -OCH3 is 1. The molecule has 7 nitrogen and oxygen atoms in total. The number of aromatic nitrogens is 2. The zero-order valence-electron chi connectivity index (χ0n) is 17.1. The first kappa shape index (κ1) is 20.2. The zero-order valence-corrected chi connectivity index (χ0v) is 17.1. The maximum Gasteiger partial charge on any atom is 0.161 e. The zero-order chi connectivity index (χ0) is 19.8. The Labute approximate surface area is 167 Å². The maximum atomic E-state index is 5.81. The van der Waals surface area contributed by atoms with Crippen LogP contribution in [-0.2, 0) is 6.54 Å². The average molecular weight is 386 g/mol. The van der Waals surface area contributed by atoms with Gasteiger partial charge in [-0.2, -0.15) is 0 Å². The molecule has 1 aromatic heterocycles. The number of nitrogens with zero attached hydrogens (tertiary/aromatic N) is 3. The van der Waals surface area contributed by atoms with Gasteiger partial charge in [-0.25, -0.2) is 9.97 Å². The van der Waals surface area contributed by atoms with Crippen LogP contribution in [0, 0.1) is 0 Å². The van der Waals surface area contributed by atoms with E-state index in [0.29, 0.717) is 12.6 Å². The van der Waals surface area contributed by atoms with Crippen molar-refractivity contribution in [2.45, 2.75) is 38.8 Å². The van der Waals surface area contributed by atoms with Gasteiger partial charge in [0.05, 0.1) is 13.7 Å². The van der Waals surface area contributed by atoms with Gasteiger partial charge in [0.25, 0.3) is 0 Å². The molecular formula is C21H31N5O2. The summed E-state index contributed by atoms with van der Waals surface area (Å²) < 4.78 is 11.2. The van der Waals surface area contributed by atoms with E-state index in [-0.39, 0.29) is 0 Å². The van der Waals surface area contributed by atoms with Gasteiger partial charge >= 0.3 is 0 Å². The topological polar surface area (TPSA) is 71.5 Å². The Bertz CT molecular complexity index is 755. The van der Waals surface area contributed by atoms with E-state index in [0.717, 1.165) is 49.2 Å². The summed E-state index contributed by atoms with van der Waals surface area (Å²) in [5, 5.41) is 6.68. The Hall–Kier alpha value is -2.54. The lowest BCUT2D eigenvalue weighted by Gasteiger charge is -2.26. The second-order valence-corrected chi connectivity index (χ2v) is 6.97. The van der Waals surface area contributed by atoms with E-state index in [1.165, 1.54) is 18.4 Å². The van der Waals surface area contributed by atoms with E-state index in [1.54, 1.807) is 13.4 Å². The molecule has 7 heteroatoms. The summed E-state index contributed by atoms with van der Waals surface area (Å²) in [6, 6.07) is 8.58. The average Bonchev–Trinajstić information content (AvgIpc) is 3.21. The fourth-order valence-electron chi connectivity index (χ4n) is 3.53.